The number of nitrogens with two attached hydrogens (primary N) is 1. The van der Waals surface area contributed by atoms with Crippen LogP contribution in [0.25, 0.3) is 0 Å². The Hall–Kier alpha value is -1.79. The van der Waals surface area contributed by atoms with E-state index in [1.165, 1.54) is 0 Å². The van der Waals surface area contributed by atoms with Crippen LogP contribution in [0.3, 0.4) is 0 Å². The highest BCUT2D eigenvalue weighted by atomic mass is 32.1. The van der Waals surface area contributed by atoms with E-state index in [1.807, 2.05) is 6.92 Å². The fraction of sp³-hybridized carbons (Fsp3) is 0.214. The Morgan fingerprint density at radius 2 is 2.15 bits per heavy atom. The molecule has 1 amide bonds. The lowest BCUT2D eigenvalue weighted by atomic mass is 10.1. The zero-order chi connectivity index (χ0) is 14.7. The Bertz CT molecular complexity index is 651. The fourth-order valence-corrected chi connectivity index (χ4v) is 2.75. The van der Waals surface area contributed by atoms with Crippen molar-refractivity contribution in [3.63, 3.8) is 0 Å². The summed E-state index contributed by atoms with van der Waals surface area (Å²) in [5.74, 6) is -0.0594. The number of hydrogen-bond acceptors (Lipinski definition) is 4. The molecule has 6 heteroatoms. The van der Waals surface area contributed by atoms with Gasteiger partial charge in [0, 0.05) is 23.1 Å². The molecule has 0 aliphatic heterocycles. The topological polar surface area (TPSA) is 59.2 Å². The number of hydrogen-bond donors (Lipinski definition) is 1. The van der Waals surface area contributed by atoms with Gasteiger partial charge in [0.15, 0.2) is 0 Å². The van der Waals surface area contributed by atoms with Crippen molar-refractivity contribution in [2.24, 2.45) is 5.73 Å². The molecule has 1 aromatic carbocycles. The maximum absolute atomic E-state index is 12.4. The summed E-state index contributed by atoms with van der Waals surface area (Å²) in [6.45, 7) is 2.49. The number of benzene rings is 1. The predicted octanol–water partition coefficient (Wildman–Crippen LogP) is 2.36. The molecule has 1 aromatic heterocycles. The molecule has 0 saturated heterocycles. The molecule has 0 aliphatic rings. The van der Waals surface area contributed by atoms with Crippen molar-refractivity contribution in [2.45, 2.75) is 13.5 Å². The molecule has 2 N–H and O–H groups in total. The quantitative estimate of drug-likeness (QED) is 0.881. The van der Waals surface area contributed by atoms with E-state index in [0.29, 0.717) is 22.7 Å². The van der Waals surface area contributed by atoms with Gasteiger partial charge in [0.25, 0.3) is 5.91 Å². The molecular weight excluding hydrogens is 290 g/mol. The van der Waals surface area contributed by atoms with Gasteiger partial charge in [0.1, 0.15) is 4.99 Å². The third kappa shape index (κ3) is 3.20. The fourth-order valence-electron chi connectivity index (χ4n) is 1.79. The number of rotatable bonds is 4. The van der Waals surface area contributed by atoms with Crippen LogP contribution in [0.2, 0.25) is 0 Å². The highest BCUT2D eigenvalue weighted by Gasteiger charge is 2.14. The smallest absolute Gasteiger partial charge is 0.253 e. The molecule has 1 heterocycles. The van der Waals surface area contributed by atoms with E-state index in [0.717, 1.165) is 10.6 Å². The number of nitrogens with zero attached hydrogens (tertiary/aromatic N) is 2. The molecule has 0 radical (unpaired) electrons. The zero-order valence-corrected chi connectivity index (χ0v) is 12.9. The van der Waals surface area contributed by atoms with E-state index >= 15 is 0 Å². The third-order valence-electron chi connectivity index (χ3n) is 2.97. The van der Waals surface area contributed by atoms with Gasteiger partial charge >= 0.3 is 0 Å². The minimum atomic E-state index is -0.0594. The second-order valence-electron chi connectivity index (χ2n) is 4.47. The minimum Gasteiger partial charge on any atom is -0.389 e. The number of amides is 1. The standard InChI is InChI=1S/C14H15N3OS2/c1-9-12(20-8-16-9)7-17(2)14(18)11-5-3-4-10(6-11)13(15)19/h3-6,8H,7H2,1-2H3,(H2,15,19). The molecule has 0 fully saturated rings. The second-order valence-corrected chi connectivity index (χ2v) is 5.85. The maximum atomic E-state index is 12.4. The van der Waals surface area contributed by atoms with Crippen molar-refractivity contribution in [1.82, 2.24) is 9.88 Å². The summed E-state index contributed by atoms with van der Waals surface area (Å²) in [6.07, 6.45) is 0. The zero-order valence-electron chi connectivity index (χ0n) is 11.3. The summed E-state index contributed by atoms with van der Waals surface area (Å²) in [5.41, 5.74) is 9.63. The van der Waals surface area contributed by atoms with E-state index in [1.54, 1.807) is 53.1 Å². The second kappa shape index (κ2) is 6.11. The number of thiocarbonyl (C=S) groups is 1. The van der Waals surface area contributed by atoms with Gasteiger partial charge in [-0.15, -0.1) is 11.3 Å². The molecule has 0 bridgehead atoms. The average molecular weight is 305 g/mol. The lowest BCUT2D eigenvalue weighted by Gasteiger charge is -2.17. The van der Waals surface area contributed by atoms with Crippen LogP contribution < -0.4 is 5.73 Å². The predicted molar refractivity (Wildman–Crippen MR) is 85.0 cm³/mol. The van der Waals surface area contributed by atoms with E-state index in [-0.39, 0.29) is 5.91 Å². The highest BCUT2D eigenvalue weighted by molar-refractivity contribution is 7.80. The van der Waals surface area contributed by atoms with Crippen LogP contribution in [0, 0.1) is 6.92 Å². The lowest BCUT2D eigenvalue weighted by molar-refractivity contribution is 0.0786. The first kappa shape index (κ1) is 14.6. The van der Waals surface area contributed by atoms with E-state index < -0.39 is 0 Å². The monoisotopic (exact) mass is 305 g/mol. The average Bonchev–Trinajstić information content (AvgIpc) is 2.83. The van der Waals surface area contributed by atoms with Crippen molar-refractivity contribution in [1.29, 1.82) is 0 Å². The molecule has 104 valence electrons. The summed E-state index contributed by atoms with van der Waals surface area (Å²) < 4.78 is 0. The minimum absolute atomic E-state index is 0.0594. The molecule has 20 heavy (non-hydrogen) atoms. The summed E-state index contributed by atoms with van der Waals surface area (Å²) in [5, 5.41) is 0. The molecule has 2 rings (SSSR count). The van der Waals surface area contributed by atoms with Gasteiger partial charge in [-0.25, -0.2) is 4.98 Å². The molecule has 2 aromatic rings. The number of carbonyl (C=O) groups is 1. The van der Waals surface area contributed by atoms with Crippen LogP contribution in [0.5, 0.6) is 0 Å². The van der Waals surface area contributed by atoms with Gasteiger partial charge in [0.05, 0.1) is 17.7 Å². The Morgan fingerprint density at radius 1 is 1.45 bits per heavy atom. The lowest BCUT2D eigenvalue weighted by Crippen LogP contribution is -2.26. The molecular formula is C14H15N3OS2. The maximum Gasteiger partial charge on any atom is 0.253 e. The molecule has 0 saturated carbocycles. The number of carbonyl (C=O) groups excluding carboxylic acids is 1. The summed E-state index contributed by atoms with van der Waals surface area (Å²) in [4.78, 5) is 19.6. The van der Waals surface area contributed by atoms with Crippen LogP contribution in [0.4, 0.5) is 0 Å². The molecule has 0 unspecified atom stereocenters. The van der Waals surface area contributed by atoms with Crippen molar-refractivity contribution < 1.29 is 4.79 Å². The van der Waals surface area contributed by atoms with E-state index in [9.17, 15) is 4.79 Å². The normalized spacial score (nSPS) is 10.3. The third-order valence-corrected chi connectivity index (χ3v) is 4.12. The number of aryl methyl sites for hydroxylation is 1. The SMILES string of the molecule is Cc1ncsc1CN(C)C(=O)c1cccc(C(N)=S)c1. The van der Waals surface area contributed by atoms with Gasteiger partial charge < -0.3 is 10.6 Å². The van der Waals surface area contributed by atoms with Gasteiger partial charge in [-0.1, -0.05) is 24.4 Å². The summed E-state index contributed by atoms with van der Waals surface area (Å²) in [7, 11) is 1.77. The Labute approximate surface area is 127 Å². The largest absolute Gasteiger partial charge is 0.389 e. The van der Waals surface area contributed by atoms with Crippen molar-refractivity contribution >= 4 is 34.5 Å². The van der Waals surface area contributed by atoms with Crippen LogP contribution in [-0.2, 0) is 6.54 Å². The molecule has 0 aliphatic carbocycles. The Morgan fingerprint density at radius 3 is 2.75 bits per heavy atom. The molecule has 0 spiro atoms. The summed E-state index contributed by atoms with van der Waals surface area (Å²) >= 11 is 6.48. The Kier molecular flexibility index (Phi) is 4.46. The van der Waals surface area contributed by atoms with Gasteiger partial charge in [-0.2, -0.15) is 0 Å². The molecule has 4 nitrogen and oxygen atoms in total. The summed E-state index contributed by atoms with van der Waals surface area (Å²) in [6, 6.07) is 7.07. The first-order chi connectivity index (χ1) is 9.49. The number of aromatic nitrogens is 1. The van der Waals surface area contributed by atoms with Crippen molar-refractivity contribution in [3.05, 3.63) is 51.5 Å². The van der Waals surface area contributed by atoms with Gasteiger partial charge in [-0.3, -0.25) is 4.79 Å². The van der Waals surface area contributed by atoms with E-state index in [4.69, 9.17) is 18.0 Å². The molecule has 0 atom stereocenters. The van der Waals surface area contributed by atoms with Crippen molar-refractivity contribution in [2.75, 3.05) is 7.05 Å². The van der Waals surface area contributed by atoms with Crippen LogP contribution >= 0.6 is 23.6 Å². The Balaban J connectivity index is 2.16. The van der Waals surface area contributed by atoms with Gasteiger partial charge in [-0.05, 0) is 19.1 Å². The van der Waals surface area contributed by atoms with Crippen LogP contribution in [0.1, 0.15) is 26.5 Å². The number of thiazole rings is 1. The first-order valence-corrected chi connectivity index (χ1v) is 7.32. The van der Waals surface area contributed by atoms with Crippen LogP contribution in [-0.4, -0.2) is 27.8 Å². The first-order valence-electron chi connectivity index (χ1n) is 6.03. The van der Waals surface area contributed by atoms with E-state index in [2.05, 4.69) is 4.98 Å². The van der Waals surface area contributed by atoms with Crippen molar-refractivity contribution in [3.8, 4) is 0 Å². The van der Waals surface area contributed by atoms with Crippen LogP contribution in [0.15, 0.2) is 29.8 Å². The van der Waals surface area contributed by atoms with Gasteiger partial charge in [0.2, 0.25) is 0 Å². The highest BCUT2D eigenvalue weighted by Crippen LogP contribution is 2.16.